The Morgan fingerprint density at radius 2 is 2.05 bits per heavy atom. The highest BCUT2D eigenvalue weighted by molar-refractivity contribution is 5.78. The van der Waals surface area contributed by atoms with Crippen molar-refractivity contribution < 1.29 is 0 Å². The van der Waals surface area contributed by atoms with Gasteiger partial charge in [-0.15, -0.1) is 0 Å². The highest BCUT2D eigenvalue weighted by atomic mass is 15.1. The molecule has 1 aliphatic rings. The minimum absolute atomic E-state index is 0.428. The van der Waals surface area contributed by atoms with E-state index in [1.807, 2.05) is 6.20 Å². The number of benzene rings is 2. The summed E-state index contributed by atoms with van der Waals surface area (Å²) in [7, 11) is 0. The SMILES string of the molecule is c1ccc2c(c1)CNCC2c1ccc2cn[nH]c2c1. The molecule has 0 spiro atoms. The minimum Gasteiger partial charge on any atom is -0.312 e. The van der Waals surface area contributed by atoms with Gasteiger partial charge in [-0.1, -0.05) is 36.4 Å². The molecule has 1 aliphatic heterocycles. The Morgan fingerprint density at radius 3 is 3.05 bits per heavy atom. The van der Waals surface area contributed by atoms with Crippen molar-refractivity contribution in [2.75, 3.05) is 6.54 Å². The average Bonchev–Trinajstić information content (AvgIpc) is 2.94. The largest absolute Gasteiger partial charge is 0.312 e. The van der Waals surface area contributed by atoms with Crippen LogP contribution in [0.2, 0.25) is 0 Å². The van der Waals surface area contributed by atoms with Crippen LogP contribution in [-0.2, 0) is 6.54 Å². The van der Waals surface area contributed by atoms with Gasteiger partial charge in [0.05, 0.1) is 11.7 Å². The van der Waals surface area contributed by atoms with Crippen molar-refractivity contribution in [3.8, 4) is 0 Å². The van der Waals surface area contributed by atoms with E-state index >= 15 is 0 Å². The predicted octanol–water partition coefficient (Wildman–Crippen LogP) is 2.80. The van der Waals surface area contributed by atoms with Crippen molar-refractivity contribution in [3.63, 3.8) is 0 Å². The summed E-state index contributed by atoms with van der Waals surface area (Å²) in [6.45, 7) is 1.97. The Bertz CT molecular complexity index is 729. The molecule has 0 aliphatic carbocycles. The van der Waals surface area contributed by atoms with Crippen LogP contribution in [0.5, 0.6) is 0 Å². The maximum absolute atomic E-state index is 4.09. The Morgan fingerprint density at radius 1 is 1.11 bits per heavy atom. The first kappa shape index (κ1) is 10.8. The number of nitrogens with zero attached hydrogens (tertiary/aromatic N) is 1. The first-order valence-electron chi connectivity index (χ1n) is 6.63. The molecule has 94 valence electrons. The van der Waals surface area contributed by atoms with E-state index in [0.717, 1.165) is 18.6 Å². The van der Waals surface area contributed by atoms with E-state index in [0.29, 0.717) is 5.92 Å². The number of fused-ring (bicyclic) bond motifs is 2. The number of H-pyrrole nitrogens is 1. The van der Waals surface area contributed by atoms with Gasteiger partial charge in [0.25, 0.3) is 0 Å². The highest BCUT2D eigenvalue weighted by Gasteiger charge is 2.21. The van der Waals surface area contributed by atoms with Gasteiger partial charge < -0.3 is 5.32 Å². The highest BCUT2D eigenvalue weighted by Crippen LogP contribution is 2.31. The molecule has 0 amide bonds. The summed E-state index contributed by atoms with van der Waals surface area (Å²) in [4.78, 5) is 0. The number of aromatic amines is 1. The smallest absolute Gasteiger partial charge is 0.0653 e. The van der Waals surface area contributed by atoms with Crippen molar-refractivity contribution in [2.45, 2.75) is 12.5 Å². The molecule has 0 saturated heterocycles. The Balaban J connectivity index is 1.84. The van der Waals surface area contributed by atoms with Crippen LogP contribution < -0.4 is 5.32 Å². The van der Waals surface area contributed by atoms with E-state index in [-0.39, 0.29) is 0 Å². The summed E-state index contributed by atoms with van der Waals surface area (Å²) in [5, 5.41) is 11.8. The first-order valence-corrected chi connectivity index (χ1v) is 6.63. The zero-order chi connectivity index (χ0) is 12.7. The van der Waals surface area contributed by atoms with Gasteiger partial charge >= 0.3 is 0 Å². The maximum Gasteiger partial charge on any atom is 0.0653 e. The zero-order valence-electron chi connectivity index (χ0n) is 10.6. The Kier molecular flexibility index (Phi) is 2.38. The lowest BCUT2D eigenvalue weighted by molar-refractivity contribution is 0.591. The number of hydrogen-bond acceptors (Lipinski definition) is 2. The molecule has 2 aromatic carbocycles. The third-order valence-electron chi connectivity index (χ3n) is 3.96. The molecule has 0 fully saturated rings. The zero-order valence-corrected chi connectivity index (χ0v) is 10.6. The third kappa shape index (κ3) is 1.74. The first-order chi connectivity index (χ1) is 9.42. The summed E-state index contributed by atoms with van der Waals surface area (Å²) in [6, 6.07) is 15.3. The van der Waals surface area contributed by atoms with Gasteiger partial charge in [-0.05, 0) is 22.8 Å². The fraction of sp³-hybridized carbons (Fsp3) is 0.188. The van der Waals surface area contributed by atoms with Crippen molar-refractivity contribution >= 4 is 10.9 Å². The van der Waals surface area contributed by atoms with Crippen molar-refractivity contribution in [3.05, 3.63) is 65.4 Å². The fourth-order valence-electron chi connectivity index (χ4n) is 2.97. The van der Waals surface area contributed by atoms with Crippen LogP contribution in [0.15, 0.2) is 48.7 Å². The topological polar surface area (TPSA) is 40.7 Å². The van der Waals surface area contributed by atoms with Gasteiger partial charge in [-0.3, -0.25) is 5.10 Å². The Labute approximate surface area is 111 Å². The molecule has 1 aromatic heterocycles. The van der Waals surface area contributed by atoms with E-state index in [1.54, 1.807) is 0 Å². The van der Waals surface area contributed by atoms with Gasteiger partial charge in [0.1, 0.15) is 0 Å². The lowest BCUT2D eigenvalue weighted by atomic mass is 9.85. The number of nitrogens with one attached hydrogen (secondary N) is 2. The lowest BCUT2D eigenvalue weighted by Crippen LogP contribution is -2.28. The fourth-order valence-corrected chi connectivity index (χ4v) is 2.97. The molecule has 0 saturated carbocycles. The van der Waals surface area contributed by atoms with E-state index in [9.17, 15) is 0 Å². The van der Waals surface area contributed by atoms with Gasteiger partial charge in [0, 0.05) is 24.4 Å². The standard InChI is InChI=1S/C16H15N3/c1-2-4-14-12(3-1)8-17-10-15(14)11-5-6-13-9-18-19-16(13)7-11/h1-7,9,15,17H,8,10H2,(H,18,19). The van der Waals surface area contributed by atoms with E-state index < -0.39 is 0 Å². The van der Waals surface area contributed by atoms with Crippen LogP contribution in [0.3, 0.4) is 0 Å². The maximum atomic E-state index is 4.09. The molecule has 3 aromatic rings. The number of hydrogen-bond donors (Lipinski definition) is 2. The molecular formula is C16H15N3. The molecule has 0 bridgehead atoms. The molecular weight excluding hydrogens is 234 g/mol. The van der Waals surface area contributed by atoms with Crippen LogP contribution in [0.4, 0.5) is 0 Å². The molecule has 3 heteroatoms. The van der Waals surface area contributed by atoms with Gasteiger partial charge in [0.2, 0.25) is 0 Å². The second kappa shape index (κ2) is 4.21. The van der Waals surface area contributed by atoms with Crippen LogP contribution >= 0.6 is 0 Å². The van der Waals surface area contributed by atoms with Crippen molar-refractivity contribution in [1.82, 2.24) is 15.5 Å². The monoisotopic (exact) mass is 249 g/mol. The van der Waals surface area contributed by atoms with Crippen LogP contribution in [0.25, 0.3) is 10.9 Å². The van der Waals surface area contributed by atoms with Crippen molar-refractivity contribution in [2.24, 2.45) is 0 Å². The molecule has 2 heterocycles. The average molecular weight is 249 g/mol. The van der Waals surface area contributed by atoms with Gasteiger partial charge in [-0.2, -0.15) is 5.10 Å². The molecule has 1 unspecified atom stereocenters. The molecule has 2 N–H and O–H groups in total. The number of aromatic nitrogens is 2. The molecule has 0 radical (unpaired) electrons. The second-order valence-electron chi connectivity index (χ2n) is 5.10. The van der Waals surface area contributed by atoms with Crippen LogP contribution in [0.1, 0.15) is 22.6 Å². The summed E-state index contributed by atoms with van der Waals surface area (Å²) in [6.07, 6.45) is 1.87. The quantitative estimate of drug-likeness (QED) is 0.696. The van der Waals surface area contributed by atoms with Gasteiger partial charge in [-0.25, -0.2) is 0 Å². The van der Waals surface area contributed by atoms with Crippen molar-refractivity contribution in [1.29, 1.82) is 0 Å². The summed E-state index contributed by atoms with van der Waals surface area (Å²) in [5.74, 6) is 0.428. The summed E-state index contributed by atoms with van der Waals surface area (Å²) < 4.78 is 0. The molecule has 1 atom stereocenters. The minimum atomic E-state index is 0.428. The lowest BCUT2D eigenvalue weighted by Gasteiger charge is -2.26. The summed E-state index contributed by atoms with van der Waals surface area (Å²) in [5.41, 5.74) is 5.31. The van der Waals surface area contributed by atoms with E-state index in [1.165, 1.54) is 22.1 Å². The number of rotatable bonds is 1. The van der Waals surface area contributed by atoms with E-state index in [4.69, 9.17) is 0 Å². The van der Waals surface area contributed by atoms with E-state index in [2.05, 4.69) is 58.0 Å². The molecule has 4 rings (SSSR count). The van der Waals surface area contributed by atoms with Gasteiger partial charge in [0.15, 0.2) is 0 Å². The molecule has 3 nitrogen and oxygen atoms in total. The summed E-state index contributed by atoms with van der Waals surface area (Å²) >= 11 is 0. The Hall–Kier alpha value is -2.13. The van der Waals surface area contributed by atoms with Crippen LogP contribution in [-0.4, -0.2) is 16.7 Å². The second-order valence-corrected chi connectivity index (χ2v) is 5.10. The normalized spacial score (nSPS) is 18.4. The molecule has 19 heavy (non-hydrogen) atoms. The van der Waals surface area contributed by atoms with Crippen LogP contribution in [0, 0.1) is 0 Å². The third-order valence-corrected chi connectivity index (χ3v) is 3.96. The predicted molar refractivity (Wildman–Crippen MR) is 76.1 cm³/mol.